The van der Waals surface area contributed by atoms with Gasteiger partial charge in [-0.25, -0.2) is 4.79 Å². The van der Waals surface area contributed by atoms with Gasteiger partial charge in [-0.3, -0.25) is 9.79 Å². The first-order chi connectivity index (χ1) is 9.67. The van der Waals surface area contributed by atoms with Crippen molar-refractivity contribution in [2.24, 2.45) is 4.99 Å². The number of hydrogen-bond donors (Lipinski definition) is 0. The van der Waals surface area contributed by atoms with Gasteiger partial charge >= 0.3 is 5.97 Å². The lowest BCUT2D eigenvalue weighted by Gasteiger charge is -2.05. The molecule has 4 heteroatoms. The molecule has 4 nitrogen and oxygen atoms in total. The number of ether oxygens (including phenoxy) is 1. The van der Waals surface area contributed by atoms with E-state index in [0.717, 1.165) is 5.56 Å². The molecule has 0 aliphatic rings. The van der Waals surface area contributed by atoms with Crippen molar-refractivity contribution in [3.8, 4) is 0 Å². The van der Waals surface area contributed by atoms with E-state index in [1.54, 1.807) is 6.92 Å². The predicted octanol–water partition coefficient (Wildman–Crippen LogP) is 2.60. The quantitative estimate of drug-likeness (QED) is 0.541. The summed E-state index contributed by atoms with van der Waals surface area (Å²) in [6, 6.07) is 9.81. The zero-order valence-electron chi connectivity index (χ0n) is 12.1. The van der Waals surface area contributed by atoms with Crippen LogP contribution in [0.25, 0.3) is 0 Å². The maximum Gasteiger partial charge on any atom is 0.352 e. The average molecular weight is 275 g/mol. The molecule has 0 unspecified atom stereocenters. The number of carbonyl (C=O) groups excluding carboxylic acids is 2. The van der Waals surface area contributed by atoms with Gasteiger partial charge in [-0.2, -0.15) is 0 Å². The van der Waals surface area contributed by atoms with Crippen LogP contribution in [0, 0.1) is 0 Å². The molecule has 0 saturated heterocycles. The molecule has 0 spiro atoms. The average Bonchev–Trinajstić information content (AvgIpc) is 2.46. The van der Waals surface area contributed by atoms with E-state index in [0.29, 0.717) is 26.0 Å². The molecule has 1 aromatic carbocycles. The second-order valence-corrected chi connectivity index (χ2v) is 4.34. The van der Waals surface area contributed by atoms with Crippen LogP contribution >= 0.6 is 0 Å². The van der Waals surface area contributed by atoms with Crippen molar-refractivity contribution in [2.75, 3.05) is 13.2 Å². The number of benzene rings is 1. The van der Waals surface area contributed by atoms with E-state index in [-0.39, 0.29) is 17.9 Å². The zero-order valence-corrected chi connectivity index (χ0v) is 12.1. The number of carbonyl (C=O) groups is 2. The first kappa shape index (κ1) is 16.1. The number of esters is 1. The predicted molar refractivity (Wildman–Crippen MR) is 79.0 cm³/mol. The topological polar surface area (TPSA) is 55.7 Å². The van der Waals surface area contributed by atoms with Crippen molar-refractivity contribution >= 4 is 17.5 Å². The number of hydrogen-bond acceptors (Lipinski definition) is 4. The van der Waals surface area contributed by atoms with E-state index in [1.807, 2.05) is 37.3 Å². The van der Waals surface area contributed by atoms with E-state index in [2.05, 4.69) is 4.99 Å². The normalized spacial score (nSPS) is 11.2. The highest BCUT2D eigenvalue weighted by Gasteiger charge is 2.16. The molecular formula is C16H21NO3. The molecule has 1 rings (SSSR count). The fourth-order valence-electron chi connectivity index (χ4n) is 1.80. The van der Waals surface area contributed by atoms with Gasteiger partial charge in [0.05, 0.1) is 13.0 Å². The molecule has 0 aromatic heterocycles. The molecule has 0 bridgehead atoms. The second-order valence-electron chi connectivity index (χ2n) is 4.34. The van der Waals surface area contributed by atoms with E-state index < -0.39 is 5.97 Å². The van der Waals surface area contributed by atoms with E-state index in [1.165, 1.54) is 0 Å². The van der Waals surface area contributed by atoms with Crippen molar-refractivity contribution in [2.45, 2.75) is 33.1 Å². The Morgan fingerprint density at radius 3 is 2.45 bits per heavy atom. The van der Waals surface area contributed by atoms with Gasteiger partial charge in [0.2, 0.25) is 0 Å². The molecular weight excluding hydrogens is 254 g/mol. The number of rotatable bonds is 8. The smallest absolute Gasteiger partial charge is 0.352 e. The Morgan fingerprint density at radius 1 is 1.15 bits per heavy atom. The van der Waals surface area contributed by atoms with Crippen molar-refractivity contribution in [1.82, 2.24) is 0 Å². The molecule has 0 aliphatic heterocycles. The Hall–Kier alpha value is -1.97. The zero-order chi connectivity index (χ0) is 14.8. The lowest BCUT2D eigenvalue weighted by molar-refractivity contribution is -0.135. The molecule has 0 fully saturated rings. The Balaban J connectivity index is 2.50. The first-order valence-electron chi connectivity index (χ1n) is 6.93. The fourth-order valence-corrected chi connectivity index (χ4v) is 1.80. The van der Waals surface area contributed by atoms with Gasteiger partial charge in [0.1, 0.15) is 11.5 Å². The molecule has 0 aliphatic carbocycles. The van der Waals surface area contributed by atoms with Crippen LogP contribution in [-0.4, -0.2) is 30.6 Å². The van der Waals surface area contributed by atoms with Gasteiger partial charge in [-0.1, -0.05) is 30.3 Å². The van der Waals surface area contributed by atoms with Gasteiger partial charge in [-0.05, 0) is 25.8 Å². The summed E-state index contributed by atoms with van der Waals surface area (Å²) < 4.78 is 4.90. The molecule has 0 radical (unpaired) electrons. The minimum absolute atomic E-state index is 0.00843. The standard InChI is InChI=1S/C16H21NO3/c1-3-17-15(16(19)20-4-2)12-14(18)11-10-13-8-6-5-7-9-13/h5-9H,3-4,10-12H2,1-2H3/b17-15-. The molecule has 0 amide bonds. The third kappa shape index (κ3) is 5.78. The second kappa shape index (κ2) is 9.02. The van der Waals surface area contributed by atoms with Gasteiger partial charge in [-0.15, -0.1) is 0 Å². The summed E-state index contributed by atoms with van der Waals surface area (Å²) in [7, 11) is 0. The minimum Gasteiger partial charge on any atom is -0.462 e. The third-order valence-corrected chi connectivity index (χ3v) is 2.76. The van der Waals surface area contributed by atoms with E-state index in [4.69, 9.17) is 4.74 Å². The van der Waals surface area contributed by atoms with Gasteiger partial charge < -0.3 is 4.74 Å². The fraction of sp³-hybridized carbons (Fsp3) is 0.438. The Morgan fingerprint density at radius 2 is 1.85 bits per heavy atom. The lowest BCUT2D eigenvalue weighted by atomic mass is 10.0. The monoisotopic (exact) mass is 275 g/mol. The maximum absolute atomic E-state index is 11.9. The van der Waals surface area contributed by atoms with E-state index >= 15 is 0 Å². The lowest BCUT2D eigenvalue weighted by Crippen LogP contribution is -2.21. The first-order valence-corrected chi connectivity index (χ1v) is 6.93. The molecule has 0 N–H and O–H groups in total. The molecule has 0 atom stereocenters. The highest BCUT2D eigenvalue weighted by atomic mass is 16.5. The molecule has 20 heavy (non-hydrogen) atoms. The van der Waals surface area contributed by atoms with Gasteiger partial charge in [0.15, 0.2) is 0 Å². The highest BCUT2D eigenvalue weighted by molar-refractivity contribution is 6.39. The van der Waals surface area contributed by atoms with Crippen LogP contribution < -0.4 is 0 Å². The van der Waals surface area contributed by atoms with Crippen LogP contribution in [0.3, 0.4) is 0 Å². The molecule has 0 heterocycles. The highest BCUT2D eigenvalue weighted by Crippen LogP contribution is 2.05. The van der Waals surface area contributed by atoms with Crippen molar-refractivity contribution < 1.29 is 14.3 Å². The van der Waals surface area contributed by atoms with Crippen molar-refractivity contribution in [3.05, 3.63) is 35.9 Å². The molecule has 1 aromatic rings. The minimum atomic E-state index is -0.484. The van der Waals surface area contributed by atoms with Crippen LogP contribution in [-0.2, 0) is 20.7 Å². The van der Waals surface area contributed by atoms with Crippen molar-refractivity contribution in [3.63, 3.8) is 0 Å². The van der Waals surface area contributed by atoms with Crippen LogP contribution in [0.4, 0.5) is 0 Å². The van der Waals surface area contributed by atoms with Crippen LogP contribution in [0.1, 0.15) is 32.3 Å². The van der Waals surface area contributed by atoms with Crippen LogP contribution in [0.2, 0.25) is 0 Å². The van der Waals surface area contributed by atoms with Crippen molar-refractivity contribution in [1.29, 1.82) is 0 Å². The molecule has 0 saturated carbocycles. The van der Waals surface area contributed by atoms with Gasteiger partial charge in [0.25, 0.3) is 0 Å². The van der Waals surface area contributed by atoms with Gasteiger partial charge in [0, 0.05) is 13.0 Å². The summed E-state index contributed by atoms with van der Waals surface area (Å²) >= 11 is 0. The summed E-state index contributed by atoms with van der Waals surface area (Å²) in [6.45, 7) is 4.33. The summed E-state index contributed by atoms with van der Waals surface area (Å²) in [6.07, 6.45) is 1.15. The third-order valence-electron chi connectivity index (χ3n) is 2.76. The van der Waals surface area contributed by atoms with Crippen LogP contribution in [0.15, 0.2) is 35.3 Å². The van der Waals surface area contributed by atoms with E-state index in [9.17, 15) is 9.59 Å². The van der Waals surface area contributed by atoms with Crippen LogP contribution in [0.5, 0.6) is 0 Å². The maximum atomic E-state index is 11.9. The number of ketones is 1. The summed E-state index contributed by atoms with van der Waals surface area (Å²) in [5.41, 5.74) is 1.35. The number of aliphatic imine (C=N–C) groups is 1. The Bertz CT molecular complexity index is 466. The largest absolute Gasteiger partial charge is 0.462 e. The Labute approximate surface area is 119 Å². The number of nitrogens with zero attached hydrogens (tertiary/aromatic N) is 1. The molecule has 108 valence electrons. The SMILES string of the molecule is CC/N=C(/CC(=O)CCc1ccccc1)C(=O)OCC. The summed E-state index contributed by atoms with van der Waals surface area (Å²) in [5, 5.41) is 0. The Kier molecular flexibility index (Phi) is 7.25. The summed E-state index contributed by atoms with van der Waals surface area (Å²) in [5.74, 6) is -0.475. The number of Topliss-reactive ketones (excluding diaryl/α,β-unsaturated/α-hetero) is 1. The number of aryl methyl sites for hydroxylation is 1. The summed E-state index contributed by atoms with van der Waals surface area (Å²) in [4.78, 5) is 27.6.